The first kappa shape index (κ1) is 14.5. The van der Waals surface area contributed by atoms with E-state index in [9.17, 15) is 14.4 Å². The van der Waals surface area contributed by atoms with Crippen LogP contribution in [0.3, 0.4) is 0 Å². The van der Waals surface area contributed by atoms with Crippen molar-refractivity contribution in [3.8, 4) is 0 Å². The minimum atomic E-state index is -0.794. The zero-order valence-corrected chi connectivity index (χ0v) is 12.4. The van der Waals surface area contributed by atoms with Gasteiger partial charge in [-0.05, 0) is 24.6 Å². The monoisotopic (exact) mass is 339 g/mol. The molecule has 7 heteroatoms. The van der Waals surface area contributed by atoms with Gasteiger partial charge in [0.1, 0.15) is 6.04 Å². The summed E-state index contributed by atoms with van der Waals surface area (Å²) < 4.78 is 0.929. The number of nitrogens with one attached hydrogen (secondary N) is 3. The fourth-order valence-electron chi connectivity index (χ4n) is 1.95. The maximum Gasteiger partial charge on any atom is 0.322 e. The molecule has 3 N–H and O–H groups in total. The molecule has 0 aromatic heterocycles. The highest BCUT2D eigenvalue weighted by Crippen LogP contribution is 2.18. The van der Waals surface area contributed by atoms with Gasteiger partial charge >= 0.3 is 6.03 Å². The third kappa shape index (κ3) is 3.57. The second-order valence-corrected chi connectivity index (χ2v) is 5.48. The molecule has 0 spiro atoms. The molecule has 0 saturated carbocycles. The smallest absolute Gasteiger partial charge is 0.322 e. The van der Waals surface area contributed by atoms with Gasteiger partial charge in [-0.3, -0.25) is 14.9 Å². The Morgan fingerprint density at radius 3 is 2.80 bits per heavy atom. The van der Waals surface area contributed by atoms with Crippen LogP contribution in [0.15, 0.2) is 28.7 Å². The van der Waals surface area contributed by atoms with Crippen molar-refractivity contribution in [3.63, 3.8) is 0 Å². The Bertz CT molecular complexity index is 562. The summed E-state index contributed by atoms with van der Waals surface area (Å²) in [6, 6.07) is 6.06. The molecular weight excluding hydrogens is 326 g/mol. The number of urea groups is 1. The van der Waals surface area contributed by atoms with Gasteiger partial charge in [-0.1, -0.05) is 28.1 Å². The number of benzene rings is 1. The first-order chi connectivity index (χ1) is 9.45. The fourth-order valence-corrected chi connectivity index (χ4v) is 2.36. The Kier molecular flexibility index (Phi) is 4.39. The number of carbonyl (C=O) groups excluding carboxylic acids is 3. The molecule has 6 nitrogen and oxygen atoms in total. The van der Waals surface area contributed by atoms with Crippen LogP contribution in [0.1, 0.15) is 24.9 Å². The third-order valence-corrected chi connectivity index (χ3v) is 3.47. The fraction of sp³-hybridized carbons (Fsp3) is 0.308. The van der Waals surface area contributed by atoms with Gasteiger partial charge in [0.25, 0.3) is 5.91 Å². The second-order valence-electron chi connectivity index (χ2n) is 4.56. The predicted octanol–water partition coefficient (Wildman–Crippen LogP) is 1.22. The van der Waals surface area contributed by atoms with E-state index in [0.29, 0.717) is 0 Å². The summed E-state index contributed by atoms with van der Waals surface area (Å²) in [4.78, 5) is 34.2. The lowest BCUT2D eigenvalue weighted by atomic mass is 10.1. The molecule has 1 aromatic rings. The number of rotatable bonds is 4. The SMILES string of the molecule is C[C@H](NC(=O)C[C@H]1NC(=O)NC1=O)c1cccc(Br)c1. The van der Waals surface area contributed by atoms with E-state index in [4.69, 9.17) is 0 Å². The quantitative estimate of drug-likeness (QED) is 0.721. The van der Waals surface area contributed by atoms with E-state index in [1.807, 2.05) is 31.2 Å². The molecule has 1 fully saturated rings. The van der Waals surface area contributed by atoms with Crippen molar-refractivity contribution in [2.24, 2.45) is 0 Å². The molecule has 1 aliphatic heterocycles. The molecule has 106 valence electrons. The third-order valence-electron chi connectivity index (χ3n) is 2.97. The lowest BCUT2D eigenvalue weighted by Crippen LogP contribution is -2.37. The van der Waals surface area contributed by atoms with Crippen LogP contribution in [0.25, 0.3) is 0 Å². The summed E-state index contributed by atoms with van der Waals surface area (Å²) in [5.74, 6) is -0.764. The van der Waals surface area contributed by atoms with Crippen LogP contribution in [0.5, 0.6) is 0 Å². The molecule has 2 rings (SSSR count). The van der Waals surface area contributed by atoms with Gasteiger partial charge in [0.15, 0.2) is 0 Å². The number of amides is 4. The largest absolute Gasteiger partial charge is 0.350 e. The molecule has 20 heavy (non-hydrogen) atoms. The molecule has 4 amide bonds. The second kappa shape index (κ2) is 6.04. The van der Waals surface area contributed by atoms with Crippen molar-refractivity contribution >= 4 is 33.8 Å². The zero-order valence-electron chi connectivity index (χ0n) is 10.8. The maximum atomic E-state index is 11.9. The Morgan fingerprint density at radius 1 is 1.45 bits per heavy atom. The van der Waals surface area contributed by atoms with Gasteiger partial charge in [-0.2, -0.15) is 0 Å². The Morgan fingerprint density at radius 2 is 2.20 bits per heavy atom. The van der Waals surface area contributed by atoms with E-state index in [2.05, 4.69) is 31.9 Å². The minimum absolute atomic E-state index is 0.0735. The lowest BCUT2D eigenvalue weighted by molar-refractivity contribution is -0.126. The summed E-state index contributed by atoms with van der Waals surface area (Å²) in [6.07, 6.45) is -0.0735. The van der Waals surface area contributed by atoms with E-state index in [0.717, 1.165) is 10.0 Å². The van der Waals surface area contributed by atoms with Gasteiger partial charge < -0.3 is 10.6 Å². The zero-order chi connectivity index (χ0) is 14.7. The first-order valence-corrected chi connectivity index (χ1v) is 6.91. The highest BCUT2D eigenvalue weighted by molar-refractivity contribution is 9.10. The Balaban J connectivity index is 1.91. The van der Waals surface area contributed by atoms with Crippen molar-refractivity contribution in [1.82, 2.24) is 16.0 Å². The van der Waals surface area contributed by atoms with Gasteiger partial charge in [0.05, 0.1) is 12.5 Å². The molecule has 0 unspecified atom stereocenters. The molecule has 0 aliphatic carbocycles. The number of imide groups is 1. The van der Waals surface area contributed by atoms with Crippen molar-refractivity contribution < 1.29 is 14.4 Å². The van der Waals surface area contributed by atoms with E-state index >= 15 is 0 Å². The Hall–Kier alpha value is -1.89. The van der Waals surface area contributed by atoms with E-state index in [1.54, 1.807) is 0 Å². The summed E-state index contributed by atoms with van der Waals surface area (Å²) in [5, 5.41) is 7.27. The molecule has 1 aromatic carbocycles. The normalized spacial score (nSPS) is 19.2. The molecule has 2 atom stereocenters. The van der Waals surface area contributed by atoms with E-state index < -0.39 is 18.0 Å². The molecule has 1 heterocycles. The van der Waals surface area contributed by atoms with E-state index in [1.165, 1.54) is 0 Å². The predicted molar refractivity (Wildman–Crippen MR) is 75.8 cm³/mol. The van der Waals surface area contributed by atoms with Crippen molar-refractivity contribution in [1.29, 1.82) is 0 Å². The lowest BCUT2D eigenvalue weighted by Gasteiger charge is -2.15. The van der Waals surface area contributed by atoms with Crippen LogP contribution < -0.4 is 16.0 Å². The molecule has 1 saturated heterocycles. The highest BCUT2D eigenvalue weighted by Gasteiger charge is 2.31. The summed E-state index contributed by atoms with van der Waals surface area (Å²) in [7, 11) is 0. The first-order valence-electron chi connectivity index (χ1n) is 6.12. The van der Waals surface area contributed by atoms with Crippen LogP contribution in [0, 0.1) is 0 Å². The van der Waals surface area contributed by atoms with Gasteiger partial charge in [-0.25, -0.2) is 4.79 Å². The van der Waals surface area contributed by atoms with Gasteiger partial charge in [-0.15, -0.1) is 0 Å². The van der Waals surface area contributed by atoms with Gasteiger partial charge in [0.2, 0.25) is 5.91 Å². The average molecular weight is 340 g/mol. The van der Waals surface area contributed by atoms with Gasteiger partial charge in [0, 0.05) is 4.47 Å². The maximum absolute atomic E-state index is 11.9. The summed E-state index contributed by atoms with van der Waals surface area (Å²) in [5.41, 5.74) is 0.952. The van der Waals surface area contributed by atoms with Crippen LogP contribution in [-0.4, -0.2) is 23.9 Å². The highest BCUT2D eigenvalue weighted by atomic mass is 79.9. The topological polar surface area (TPSA) is 87.3 Å². The van der Waals surface area contributed by atoms with Crippen LogP contribution in [-0.2, 0) is 9.59 Å². The number of carbonyl (C=O) groups is 3. The van der Waals surface area contributed by atoms with E-state index in [-0.39, 0.29) is 18.4 Å². The summed E-state index contributed by atoms with van der Waals surface area (Å²) >= 11 is 3.37. The average Bonchev–Trinajstić information content (AvgIpc) is 2.67. The standard InChI is InChI=1S/C13H14BrN3O3/c1-7(8-3-2-4-9(14)5-8)15-11(18)6-10-12(19)17-13(20)16-10/h2-5,7,10H,6H2,1H3,(H,15,18)(H2,16,17,19,20)/t7-,10+/m0/s1. The molecule has 0 radical (unpaired) electrons. The minimum Gasteiger partial charge on any atom is -0.350 e. The number of hydrogen-bond donors (Lipinski definition) is 3. The molecule has 1 aliphatic rings. The Labute approximate surface area is 124 Å². The van der Waals surface area contributed by atoms with Crippen molar-refractivity contribution in [2.45, 2.75) is 25.4 Å². The summed E-state index contributed by atoms with van der Waals surface area (Å²) in [6.45, 7) is 1.85. The molecular formula is C13H14BrN3O3. The number of hydrogen-bond acceptors (Lipinski definition) is 3. The van der Waals surface area contributed by atoms with Crippen LogP contribution in [0.2, 0.25) is 0 Å². The molecule has 0 bridgehead atoms. The van der Waals surface area contributed by atoms with Crippen LogP contribution >= 0.6 is 15.9 Å². The van der Waals surface area contributed by atoms with Crippen molar-refractivity contribution in [3.05, 3.63) is 34.3 Å². The number of halogens is 1. The van der Waals surface area contributed by atoms with Crippen molar-refractivity contribution in [2.75, 3.05) is 0 Å². The van der Waals surface area contributed by atoms with Crippen LogP contribution in [0.4, 0.5) is 4.79 Å².